The maximum atomic E-state index is 2.42. The van der Waals surface area contributed by atoms with E-state index in [2.05, 4.69) is 241 Å². The van der Waals surface area contributed by atoms with Gasteiger partial charge in [0, 0.05) is 16.2 Å². The number of benzene rings is 9. The van der Waals surface area contributed by atoms with Gasteiger partial charge in [0.25, 0.3) is 0 Å². The number of nitrogens with zero attached hydrogens (tertiary/aromatic N) is 1. The van der Waals surface area contributed by atoms with E-state index < -0.39 is 5.41 Å². The molecule has 0 unspecified atom stereocenters. The van der Waals surface area contributed by atoms with Crippen LogP contribution in [0.25, 0.3) is 61.5 Å². The standard InChI is InChI=1S/C55H39N/c1-4-16-43(17-5-1)55(44-18-6-2-7-19-44,45-20-8-3-9-21-45)46-36-32-41(33-37-46)29-28-40-30-34-42(35-31-40)47-38-39-54(49-23-11-10-22-48(47)49)56-52-26-14-12-24-50(52)51-25-13-15-27-53(51)56/h1-39H/b29-28+. The lowest BCUT2D eigenvalue weighted by Crippen LogP contribution is -2.30. The van der Waals surface area contributed by atoms with Gasteiger partial charge >= 0.3 is 0 Å². The van der Waals surface area contributed by atoms with E-state index in [0.717, 1.165) is 11.1 Å². The summed E-state index contributed by atoms with van der Waals surface area (Å²) < 4.78 is 2.42. The maximum absolute atomic E-state index is 2.42. The van der Waals surface area contributed by atoms with Crippen molar-refractivity contribution in [2.24, 2.45) is 0 Å². The predicted molar refractivity (Wildman–Crippen MR) is 237 cm³/mol. The van der Waals surface area contributed by atoms with Gasteiger partial charge in [-0.15, -0.1) is 0 Å². The summed E-state index contributed by atoms with van der Waals surface area (Å²) in [4.78, 5) is 0. The number of aromatic nitrogens is 1. The Morgan fingerprint density at radius 3 is 1.20 bits per heavy atom. The fourth-order valence-electron chi connectivity index (χ4n) is 8.79. The fraction of sp³-hybridized carbons (Fsp3) is 0.0182. The second kappa shape index (κ2) is 14.2. The molecule has 264 valence electrons. The SMILES string of the molecule is C(=C\c1ccc(C(c2ccccc2)(c2ccccc2)c2ccccc2)cc1)/c1ccc(-c2ccc(-n3c4ccccc4c4ccccc43)c3ccccc23)cc1. The van der Waals surface area contributed by atoms with Gasteiger partial charge < -0.3 is 4.57 Å². The van der Waals surface area contributed by atoms with Crippen LogP contribution in [0.5, 0.6) is 0 Å². The zero-order chi connectivity index (χ0) is 37.3. The molecule has 0 N–H and O–H groups in total. The average molecular weight is 714 g/mol. The normalized spacial score (nSPS) is 11.9. The van der Waals surface area contributed by atoms with Crippen molar-refractivity contribution in [3.05, 3.63) is 258 Å². The molecule has 9 aromatic carbocycles. The van der Waals surface area contributed by atoms with Crippen molar-refractivity contribution >= 4 is 44.7 Å². The highest BCUT2D eigenvalue weighted by molar-refractivity contribution is 6.11. The van der Waals surface area contributed by atoms with Crippen molar-refractivity contribution in [3.8, 4) is 16.8 Å². The average Bonchev–Trinajstić information content (AvgIpc) is 3.61. The van der Waals surface area contributed by atoms with E-state index in [0.29, 0.717) is 0 Å². The molecule has 0 bridgehead atoms. The Balaban J connectivity index is 0.974. The smallest absolute Gasteiger partial charge is 0.0701 e. The van der Waals surface area contributed by atoms with Crippen LogP contribution in [0.1, 0.15) is 33.4 Å². The van der Waals surface area contributed by atoms with Gasteiger partial charge in [0.15, 0.2) is 0 Å². The number of hydrogen-bond donors (Lipinski definition) is 0. The van der Waals surface area contributed by atoms with Gasteiger partial charge in [0.2, 0.25) is 0 Å². The van der Waals surface area contributed by atoms with Crippen LogP contribution in [0.15, 0.2) is 224 Å². The van der Waals surface area contributed by atoms with E-state index in [1.807, 2.05) is 0 Å². The van der Waals surface area contributed by atoms with Crippen molar-refractivity contribution in [3.63, 3.8) is 0 Å². The second-order valence-corrected chi connectivity index (χ2v) is 14.5. The summed E-state index contributed by atoms with van der Waals surface area (Å²) in [5.41, 5.74) is 12.9. The van der Waals surface area contributed by atoms with E-state index in [-0.39, 0.29) is 0 Å². The summed E-state index contributed by atoms with van der Waals surface area (Å²) in [6.07, 6.45) is 4.42. The van der Waals surface area contributed by atoms with E-state index in [4.69, 9.17) is 0 Å². The first-order valence-corrected chi connectivity index (χ1v) is 19.3. The Morgan fingerprint density at radius 2 is 0.696 bits per heavy atom. The molecule has 0 aliphatic carbocycles. The predicted octanol–water partition coefficient (Wildman–Crippen LogP) is 14.2. The van der Waals surface area contributed by atoms with Crippen molar-refractivity contribution in [1.82, 2.24) is 4.57 Å². The van der Waals surface area contributed by atoms with Crippen LogP contribution >= 0.6 is 0 Å². The summed E-state index contributed by atoms with van der Waals surface area (Å²) in [5, 5.41) is 5.03. The molecule has 0 saturated carbocycles. The first kappa shape index (κ1) is 33.4. The molecule has 10 rings (SSSR count). The van der Waals surface area contributed by atoms with E-state index in [1.54, 1.807) is 0 Å². The summed E-state index contributed by atoms with van der Waals surface area (Å²) in [7, 11) is 0. The molecule has 0 spiro atoms. The van der Waals surface area contributed by atoms with Crippen LogP contribution in [-0.2, 0) is 5.41 Å². The molecule has 0 aliphatic heterocycles. The minimum atomic E-state index is -0.451. The molecule has 1 heteroatoms. The van der Waals surface area contributed by atoms with E-state index >= 15 is 0 Å². The van der Waals surface area contributed by atoms with Crippen LogP contribution in [0.2, 0.25) is 0 Å². The molecule has 0 atom stereocenters. The van der Waals surface area contributed by atoms with Crippen LogP contribution in [-0.4, -0.2) is 4.57 Å². The zero-order valence-electron chi connectivity index (χ0n) is 31.0. The highest BCUT2D eigenvalue weighted by Gasteiger charge is 2.38. The molecule has 1 nitrogen and oxygen atoms in total. The summed E-state index contributed by atoms with van der Waals surface area (Å²) in [6, 6.07) is 81.5. The number of para-hydroxylation sites is 2. The molecular formula is C55H39N. The maximum Gasteiger partial charge on any atom is 0.0701 e. The third-order valence-corrected chi connectivity index (χ3v) is 11.4. The quantitative estimate of drug-likeness (QED) is 0.109. The number of fused-ring (bicyclic) bond motifs is 4. The first-order valence-electron chi connectivity index (χ1n) is 19.3. The van der Waals surface area contributed by atoms with Crippen LogP contribution in [0, 0.1) is 0 Å². The van der Waals surface area contributed by atoms with E-state index in [1.165, 1.54) is 71.6 Å². The lowest BCUT2D eigenvalue weighted by Gasteiger charge is -2.37. The Bertz CT molecular complexity index is 2820. The van der Waals surface area contributed by atoms with Crippen molar-refractivity contribution < 1.29 is 0 Å². The molecule has 0 radical (unpaired) electrons. The summed E-state index contributed by atoms with van der Waals surface area (Å²) in [5.74, 6) is 0. The molecule has 10 aromatic rings. The third-order valence-electron chi connectivity index (χ3n) is 11.4. The monoisotopic (exact) mass is 713 g/mol. The lowest BCUT2D eigenvalue weighted by atomic mass is 9.65. The largest absolute Gasteiger partial charge is 0.309 e. The molecule has 0 saturated heterocycles. The van der Waals surface area contributed by atoms with Crippen LogP contribution < -0.4 is 0 Å². The Morgan fingerprint density at radius 1 is 0.304 bits per heavy atom. The highest BCUT2D eigenvalue weighted by atomic mass is 15.0. The molecule has 56 heavy (non-hydrogen) atoms. The van der Waals surface area contributed by atoms with Gasteiger partial charge in [-0.3, -0.25) is 0 Å². The zero-order valence-corrected chi connectivity index (χ0v) is 31.0. The minimum Gasteiger partial charge on any atom is -0.309 e. The molecule has 0 fully saturated rings. The third kappa shape index (κ3) is 5.65. The number of rotatable bonds is 8. The lowest BCUT2D eigenvalue weighted by molar-refractivity contribution is 0.745. The van der Waals surface area contributed by atoms with Crippen molar-refractivity contribution in [2.45, 2.75) is 5.41 Å². The topological polar surface area (TPSA) is 4.93 Å². The first-order chi connectivity index (χ1) is 27.8. The second-order valence-electron chi connectivity index (χ2n) is 14.5. The Hall–Kier alpha value is -7.22. The fourth-order valence-corrected chi connectivity index (χ4v) is 8.79. The van der Waals surface area contributed by atoms with Gasteiger partial charge in [-0.2, -0.15) is 0 Å². The molecule has 1 heterocycles. The summed E-state index contributed by atoms with van der Waals surface area (Å²) >= 11 is 0. The van der Waals surface area contributed by atoms with Crippen molar-refractivity contribution in [1.29, 1.82) is 0 Å². The van der Waals surface area contributed by atoms with Gasteiger partial charge in [-0.25, -0.2) is 0 Å². The van der Waals surface area contributed by atoms with Gasteiger partial charge in [0.1, 0.15) is 0 Å². The summed E-state index contributed by atoms with van der Waals surface area (Å²) in [6.45, 7) is 0. The molecule has 0 aliphatic rings. The number of hydrogen-bond acceptors (Lipinski definition) is 0. The van der Waals surface area contributed by atoms with Crippen molar-refractivity contribution in [2.75, 3.05) is 0 Å². The Kier molecular flexibility index (Phi) is 8.46. The Labute approximate surface area is 328 Å². The molecule has 1 aromatic heterocycles. The van der Waals surface area contributed by atoms with Crippen LogP contribution in [0.4, 0.5) is 0 Å². The molecular weight excluding hydrogens is 675 g/mol. The van der Waals surface area contributed by atoms with Gasteiger partial charge in [-0.1, -0.05) is 218 Å². The highest BCUT2D eigenvalue weighted by Crippen LogP contribution is 2.45. The van der Waals surface area contributed by atoms with Crippen LogP contribution in [0.3, 0.4) is 0 Å². The van der Waals surface area contributed by atoms with E-state index in [9.17, 15) is 0 Å². The molecule has 0 amide bonds. The minimum absolute atomic E-state index is 0.451. The van der Waals surface area contributed by atoms with Gasteiger partial charge in [-0.05, 0) is 68.1 Å². The van der Waals surface area contributed by atoms with Gasteiger partial charge in [0.05, 0.1) is 22.1 Å².